The number of amides is 1. The minimum absolute atomic E-state index is 0.172. The van der Waals surface area contributed by atoms with Crippen LogP contribution in [0.5, 0.6) is 0 Å². The maximum Gasteiger partial charge on any atom is 0.410 e. The van der Waals surface area contributed by atoms with Gasteiger partial charge in [-0.15, -0.1) is 0 Å². The molecule has 2 heterocycles. The number of hydrogen-bond acceptors (Lipinski definition) is 3. The third-order valence-corrected chi connectivity index (χ3v) is 4.43. The molecule has 1 aromatic rings. The topological polar surface area (TPSA) is 41.6 Å². The highest BCUT2D eigenvalue weighted by atomic mass is 16.6. The number of likely N-dealkylation sites (tertiary alicyclic amines) is 1. The Morgan fingerprint density at radius 3 is 2.50 bits per heavy atom. The van der Waals surface area contributed by atoms with Crippen molar-refractivity contribution in [2.75, 3.05) is 19.6 Å². The van der Waals surface area contributed by atoms with Gasteiger partial charge in [0.05, 0.1) is 0 Å². The smallest absolute Gasteiger partial charge is 0.410 e. The highest BCUT2D eigenvalue weighted by Crippen LogP contribution is 2.25. The zero-order chi connectivity index (χ0) is 13.8. The van der Waals surface area contributed by atoms with Crippen molar-refractivity contribution in [1.82, 2.24) is 10.2 Å². The third-order valence-electron chi connectivity index (χ3n) is 4.43. The van der Waals surface area contributed by atoms with Crippen molar-refractivity contribution in [2.24, 2.45) is 5.92 Å². The molecule has 1 atom stereocenters. The van der Waals surface area contributed by atoms with E-state index in [1.54, 1.807) is 0 Å². The molecule has 2 fully saturated rings. The molecular weight excluding hydrogens is 252 g/mol. The van der Waals surface area contributed by atoms with E-state index in [0.29, 0.717) is 12.6 Å². The van der Waals surface area contributed by atoms with Gasteiger partial charge in [0.2, 0.25) is 0 Å². The van der Waals surface area contributed by atoms with Gasteiger partial charge in [-0.3, -0.25) is 0 Å². The van der Waals surface area contributed by atoms with Crippen LogP contribution in [-0.4, -0.2) is 36.7 Å². The highest BCUT2D eigenvalue weighted by molar-refractivity contribution is 5.67. The summed E-state index contributed by atoms with van der Waals surface area (Å²) in [4.78, 5) is 13.9. The fraction of sp³-hybridized carbons (Fsp3) is 0.562. The molecule has 1 aromatic carbocycles. The van der Waals surface area contributed by atoms with Crippen LogP contribution in [-0.2, 0) is 11.3 Å². The first-order valence-electron chi connectivity index (χ1n) is 7.52. The van der Waals surface area contributed by atoms with Crippen molar-refractivity contribution < 1.29 is 9.53 Å². The summed E-state index contributed by atoms with van der Waals surface area (Å²) in [6.07, 6.45) is 3.31. The zero-order valence-electron chi connectivity index (χ0n) is 11.8. The fourth-order valence-corrected chi connectivity index (χ4v) is 3.01. The van der Waals surface area contributed by atoms with E-state index in [9.17, 15) is 4.79 Å². The molecule has 20 heavy (non-hydrogen) atoms. The number of ether oxygens (including phenoxy) is 1. The van der Waals surface area contributed by atoms with Crippen molar-refractivity contribution in [1.29, 1.82) is 0 Å². The number of nitrogens with zero attached hydrogens (tertiary/aromatic N) is 1. The average Bonchev–Trinajstić information content (AvgIpc) is 2.45. The summed E-state index contributed by atoms with van der Waals surface area (Å²) in [5.41, 5.74) is 1.04. The van der Waals surface area contributed by atoms with Gasteiger partial charge in [-0.2, -0.15) is 0 Å². The summed E-state index contributed by atoms with van der Waals surface area (Å²) in [6, 6.07) is 10.5. The highest BCUT2D eigenvalue weighted by Gasteiger charge is 2.31. The molecule has 3 rings (SSSR count). The van der Waals surface area contributed by atoms with E-state index in [4.69, 9.17) is 4.74 Å². The molecule has 0 aliphatic carbocycles. The SMILES string of the molecule is O=C(OCc1ccccc1)N1CCC([C@@H]2CCN2)CC1. The Morgan fingerprint density at radius 1 is 1.20 bits per heavy atom. The van der Waals surface area contributed by atoms with E-state index in [0.717, 1.165) is 44.0 Å². The minimum atomic E-state index is -0.172. The summed E-state index contributed by atoms with van der Waals surface area (Å²) < 4.78 is 5.37. The maximum absolute atomic E-state index is 12.0. The molecule has 2 saturated heterocycles. The normalized spacial score (nSPS) is 23.2. The summed E-state index contributed by atoms with van der Waals surface area (Å²) in [5, 5.41) is 3.47. The summed E-state index contributed by atoms with van der Waals surface area (Å²) in [5.74, 6) is 0.738. The molecule has 0 unspecified atom stereocenters. The van der Waals surface area contributed by atoms with Gasteiger partial charge in [0.25, 0.3) is 0 Å². The van der Waals surface area contributed by atoms with Crippen LogP contribution in [0.4, 0.5) is 4.79 Å². The van der Waals surface area contributed by atoms with E-state index in [2.05, 4.69) is 5.32 Å². The molecule has 0 saturated carbocycles. The first-order chi connectivity index (χ1) is 9.83. The lowest BCUT2D eigenvalue weighted by Crippen LogP contribution is -2.51. The Morgan fingerprint density at radius 2 is 1.90 bits per heavy atom. The molecule has 4 nitrogen and oxygen atoms in total. The number of piperidine rings is 1. The van der Waals surface area contributed by atoms with Gasteiger partial charge in [-0.25, -0.2) is 4.79 Å². The Kier molecular flexibility index (Phi) is 4.21. The van der Waals surface area contributed by atoms with Crippen molar-refractivity contribution in [3.63, 3.8) is 0 Å². The predicted octanol–water partition coefficient (Wildman–Crippen LogP) is 2.40. The summed E-state index contributed by atoms with van der Waals surface area (Å²) in [7, 11) is 0. The van der Waals surface area contributed by atoms with E-state index in [1.807, 2.05) is 35.2 Å². The molecule has 4 heteroatoms. The molecular formula is C16H22N2O2. The third kappa shape index (κ3) is 3.12. The van der Waals surface area contributed by atoms with Crippen LogP contribution in [0.1, 0.15) is 24.8 Å². The first-order valence-corrected chi connectivity index (χ1v) is 7.52. The standard InChI is InChI=1S/C16H22N2O2/c19-16(20-12-13-4-2-1-3-5-13)18-10-7-14(8-11-18)15-6-9-17-15/h1-5,14-15,17H,6-12H2/t15-/m0/s1. The number of hydrogen-bond donors (Lipinski definition) is 1. The molecule has 1 N–H and O–H groups in total. The van der Waals surface area contributed by atoms with Crippen molar-refractivity contribution in [3.8, 4) is 0 Å². The molecule has 108 valence electrons. The van der Waals surface area contributed by atoms with E-state index >= 15 is 0 Å². The second kappa shape index (κ2) is 6.27. The van der Waals surface area contributed by atoms with Crippen LogP contribution in [0.25, 0.3) is 0 Å². The quantitative estimate of drug-likeness (QED) is 0.920. The van der Waals surface area contributed by atoms with Crippen LogP contribution in [0.3, 0.4) is 0 Å². The van der Waals surface area contributed by atoms with Gasteiger partial charge >= 0.3 is 6.09 Å². The number of benzene rings is 1. The number of carbonyl (C=O) groups is 1. The van der Waals surface area contributed by atoms with Crippen molar-refractivity contribution in [2.45, 2.75) is 31.9 Å². The largest absolute Gasteiger partial charge is 0.445 e. The monoisotopic (exact) mass is 274 g/mol. The fourth-order valence-electron chi connectivity index (χ4n) is 3.01. The van der Waals surface area contributed by atoms with Crippen molar-refractivity contribution in [3.05, 3.63) is 35.9 Å². The van der Waals surface area contributed by atoms with Gasteiger partial charge in [-0.05, 0) is 37.3 Å². The summed E-state index contributed by atoms with van der Waals surface area (Å²) >= 11 is 0. The Hall–Kier alpha value is -1.55. The van der Waals surface area contributed by atoms with Gasteiger partial charge < -0.3 is 15.0 Å². The van der Waals surface area contributed by atoms with Crippen LogP contribution in [0.15, 0.2) is 30.3 Å². The second-order valence-corrected chi connectivity index (χ2v) is 5.71. The lowest BCUT2D eigenvalue weighted by molar-refractivity contribution is 0.0738. The molecule has 0 aromatic heterocycles. The molecule has 1 amide bonds. The van der Waals surface area contributed by atoms with Crippen LogP contribution >= 0.6 is 0 Å². The van der Waals surface area contributed by atoms with E-state index in [1.165, 1.54) is 6.42 Å². The number of nitrogens with one attached hydrogen (secondary N) is 1. The Labute approximate surface area is 120 Å². The molecule has 0 bridgehead atoms. The molecule has 2 aliphatic heterocycles. The minimum Gasteiger partial charge on any atom is -0.445 e. The Bertz CT molecular complexity index is 437. The summed E-state index contributed by atoms with van der Waals surface area (Å²) in [6.45, 7) is 3.18. The number of carbonyl (C=O) groups excluding carboxylic acids is 1. The number of rotatable bonds is 3. The molecule has 0 spiro atoms. The second-order valence-electron chi connectivity index (χ2n) is 5.71. The average molecular weight is 274 g/mol. The van der Waals surface area contributed by atoms with Crippen LogP contribution in [0, 0.1) is 5.92 Å². The van der Waals surface area contributed by atoms with E-state index in [-0.39, 0.29) is 6.09 Å². The van der Waals surface area contributed by atoms with Crippen molar-refractivity contribution >= 4 is 6.09 Å². The van der Waals surface area contributed by atoms with Gasteiger partial charge in [0.1, 0.15) is 6.61 Å². The maximum atomic E-state index is 12.0. The molecule has 2 aliphatic rings. The Balaban J connectivity index is 1.42. The van der Waals surface area contributed by atoms with Crippen LogP contribution < -0.4 is 5.32 Å². The van der Waals surface area contributed by atoms with Gasteiger partial charge in [-0.1, -0.05) is 30.3 Å². The first kappa shape index (κ1) is 13.4. The van der Waals surface area contributed by atoms with Gasteiger partial charge in [0, 0.05) is 19.1 Å². The lowest BCUT2D eigenvalue weighted by Gasteiger charge is -2.40. The lowest BCUT2D eigenvalue weighted by atomic mass is 9.84. The van der Waals surface area contributed by atoms with Crippen LogP contribution in [0.2, 0.25) is 0 Å². The van der Waals surface area contributed by atoms with Gasteiger partial charge in [0.15, 0.2) is 0 Å². The predicted molar refractivity (Wildman–Crippen MR) is 77.3 cm³/mol. The van der Waals surface area contributed by atoms with E-state index < -0.39 is 0 Å². The zero-order valence-corrected chi connectivity index (χ0v) is 11.8. The molecule has 0 radical (unpaired) electrons.